The smallest absolute Gasteiger partial charge is 0.335 e. The van der Waals surface area contributed by atoms with Gasteiger partial charge in [0.05, 0.1) is 12.1 Å². The lowest BCUT2D eigenvalue weighted by Gasteiger charge is -2.17. The van der Waals surface area contributed by atoms with E-state index in [2.05, 4.69) is 10.3 Å². The van der Waals surface area contributed by atoms with Crippen LogP contribution in [0.5, 0.6) is 0 Å². The van der Waals surface area contributed by atoms with Crippen molar-refractivity contribution in [1.29, 1.82) is 0 Å². The van der Waals surface area contributed by atoms with Crippen LogP contribution in [-0.2, 0) is 6.42 Å². The van der Waals surface area contributed by atoms with Gasteiger partial charge in [0.2, 0.25) is 0 Å². The van der Waals surface area contributed by atoms with Crippen LogP contribution in [0.4, 0.5) is 4.39 Å². The number of nitrogens with zero attached hydrogens (tertiary/aromatic N) is 1. The summed E-state index contributed by atoms with van der Waals surface area (Å²) in [6.07, 6.45) is -0.419. The van der Waals surface area contributed by atoms with E-state index >= 15 is 0 Å². The molecule has 1 aliphatic heterocycles. The molecule has 0 aromatic heterocycles. The molecule has 17 heavy (non-hydrogen) atoms. The van der Waals surface area contributed by atoms with Crippen LogP contribution in [0.1, 0.15) is 15.9 Å². The molecule has 1 aromatic rings. The Morgan fingerprint density at radius 3 is 3.06 bits per heavy atom. The maximum atomic E-state index is 12.8. The van der Waals surface area contributed by atoms with Crippen LogP contribution in [0.3, 0.4) is 0 Å². The Morgan fingerprint density at radius 1 is 1.59 bits per heavy atom. The lowest BCUT2D eigenvalue weighted by Crippen LogP contribution is -2.37. The second-order valence-electron chi connectivity index (χ2n) is 3.95. The number of hydrogen-bond acceptors (Lipinski definition) is 3. The molecule has 0 fully saturated rings. The Labute approximate surface area is 98.2 Å². The number of rotatable bonds is 3. The minimum Gasteiger partial charge on any atom is -0.478 e. The first-order valence-corrected chi connectivity index (χ1v) is 5.38. The van der Waals surface area contributed by atoms with Crippen LogP contribution in [0.2, 0.25) is 0 Å². The van der Waals surface area contributed by atoms with E-state index in [4.69, 9.17) is 5.11 Å². The van der Waals surface area contributed by atoms with Crippen LogP contribution >= 0.6 is 0 Å². The fourth-order valence-electron chi connectivity index (χ4n) is 1.68. The number of amidine groups is 1. The van der Waals surface area contributed by atoms with Gasteiger partial charge in [-0.1, -0.05) is 12.1 Å². The molecular formula is C12H13FN2O2. The average molecular weight is 236 g/mol. The summed E-state index contributed by atoms with van der Waals surface area (Å²) in [6.45, 7) is 0.457. The lowest BCUT2D eigenvalue weighted by atomic mass is 10.1. The van der Waals surface area contributed by atoms with E-state index in [9.17, 15) is 9.18 Å². The third-order valence-corrected chi connectivity index (χ3v) is 2.55. The molecule has 0 amide bonds. The maximum absolute atomic E-state index is 12.8. The number of alkyl halides is 1. The Bertz CT molecular complexity index is 460. The number of carboxylic acids is 1. The lowest BCUT2D eigenvalue weighted by molar-refractivity contribution is 0.0697. The summed E-state index contributed by atoms with van der Waals surface area (Å²) in [4.78, 5) is 14.9. The number of hydrogen-bond donors (Lipinski definition) is 2. The van der Waals surface area contributed by atoms with Crippen LogP contribution in [-0.4, -0.2) is 36.2 Å². The van der Waals surface area contributed by atoms with Crippen molar-refractivity contribution in [3.8, 4) is 0 Å². The van der Waals surface area contributed by atoms with Gasteiger partial charge >= 0.3 is 5.97 Å². The molecule has 1 atom stereocenters. The molecule has 0 saturated carbocycles. The number of nitrogens with one attached hydrogen (secondary N) is 1. The Balaban J connectivity index is 2.08. The van der Waals surface area contributed by atoms with Crippen molar-refractivity contribution in [2.24, 2.45) is 4.99 Å². The van der Waals surface area contributed by atoms with Crippen molar-refractivity contribution in [3.05, 3.63) is 35.4 Å². The zero-order valence-electron chi connectivity index (χ0n) is 9.19. The Morgan fingerprint density at radius 2 is 2.41 bits per heavy atom. The molecule has 4 nitrogen and oxygen atoms in total. The molecule has 5 heteroatoms. The molecule has 1 aliphatic rings. The van der Waals surface area contributed by atoms with E-state index in [1.54, 1.807) is 18.2 Å². The number of aromatic carboxylic acids is 1. The van der Waals surface area contributed by atoms with Crippen molar-refractivity contribution < 1.29 is 14.3 Å². The van der Waals surface area contributed by atoms with Crippen LogP contribution in [0.25, 0.3) is 0 Å². The SMILES string of the molecule is O=C(O)c1cccc(CC2=NCC(F)CN2)c1. The van der Waals surface area contributed by atoms with Gasteiger partial charge in [-0.15, -0.1) is 0 Å². The monoisotopic (exact) mass is 236 g/mol. The van der Waals surface area contributed by atoms with Gasteiger partial charge < -0.3 is 10.4 Å². The normalized spacial score (nSPS) is 19.4. The highest BCUT2D eigenvalue weighted by Gasteiger charge is 2.13. The molecule has 1 unspecified atom stereocenters. The van der Waals surface area contributed by atoms with Crippen molar-refractivity contribution in [2.45, 2.75) is 12.6 Å². The molecule has 90 valence electrons. The molecule has 1 heterocycles. The second kappa shape index (κ2) is 4.95. The predicted octanol–water partition coefficient (Wildman–Crippen LogP) is 1.27. The van der Waals surface area contributed by atoms with Crippen LogP contribution < -0.4 is 5.32 Å². The van der Waals surface area contributed by atoms with Gasteiger partial charge in [-0.3, -0.25) is 4.99 Å². The van der Waals surface area contributed by atoms with Crippen molar-refractivity contribution in [2.75, 3.05) is 13.1 Å². The molecule has 0 aliphatic carbocycles. The third kappa shape index (κ3) is 3.03. The molecule has 0 radical (unpaired) electrons. The van der Waals surface area contributed by atoms with Crippen LogP contribution in [0.15, 0.2) is 29.3 Å². The second-order valence-corrected chi connectivity index (χ2v) is 3.95. The fraction of sp³-hybridized carbons (Fsp3) is 0.333. The highest BCUT2D eigenvalue weighted by atomic mass is 19.1. The summed E-state index contributed by atoms with van der Waals surface area (Å²) in [5.41, 5.74) is 1.11. The predicted molar refractivity (Wildman–Crippen MR) is 62.3 cm³/mol. The maximum Gasteiger partial charge on any atom is 0.335 e. The summed E-state index contributed by atoms with van der Waals surface area (Å²) in [7, 11) is 0. The Hall–Kier alpha value is -1.91. The number of halogens is 1. The van der Waals surface area contributed by atoms with Gasteiger partial charge in [0.15, 0.2) is 0 Å². The van der Waals surface area contributed by atoms with E-state index in [0.29, 0.717) is 12.3 Å². The molecular weight excluding hydrogens is 223 g/mol. The highest BCUT2D eigenvalue weighted by molar-refractivity contribution is 5.89. The van der Waals surface area contributed by atoms with E-state index in [1.807, 2.05) is 6.07 Å². The van der Waals surface area contributed by atoms with Gasteiger partial charge in [-0.2, -0.15) is 0 Å². The number of benzene rings is 1. The minimum absolute atomic E-state index is 0.182. The Kier molecular flexibility index (Phi) is 3.37. The standard InChI is InChI=1S/C12H13FN2O2/c13-10-6-14-11(15-7-10)5-8-2-1-3-9(4-8)12(16)17/h1-4,10H,5-7H2,(H,14,15)(H,16,17). The third-order valence-electron chi connectivity index (χ3n) is 2.55. The fourth-order valence-corrected chi connectivity index (χ4v) is 1.68. The highest BCUT2D eigenvalue weighted by Crippen LogP contribution is 2.08. The molecule has 0 bridgehead atoms. The first kappa shape index (κ1) is 11.6. The van der Waals surface area contributed by atoms with E-state index in [1.165, 1.54) is 0 Å². The minimum atomic E-state index is -0.950. The van der Waals surface area contributed by atoms with E-state index in [0.717, 1.165) is 5.56 Å². The van der Waals surface area contributed by atoms with Gasteiger partial charge in [-0.25, -0.2) is 9.18 Å². The average Bonchev–Trinajstić information content (AvgIpc) is 2.32. The number of aliphatic imine (C=N–C) groups is 1. The number of carboxylic acid groups (broad SMARTS) is 1. The molecule has 2 N–H and O–H groups in total. The van der Waals surface area contributed by atoms with Gasteiger partial charge in [-0.05, 0) is 17.7 Å². The largest absolute Gasteiger partial charge is 0.478 e. The van der Waals surface area contributed by atoms with E-state index in [-0.39, 0.29) is 18.7 Å². The van der Waals surface area contributed by atoms with Gasteiger partial charge in [0, 0.05) is 13.0 Å². The first-order chi connectivity index (χ1) is 8.15. The summed E-state index contributed by atoms with van der Waals surface area (Å²) in [5, 5.41) is 11.7. The van der Waals surface area contributed by atoms with Crippen molar-refractivity contribution in [3.63, 3.8) is 0 Å². The summed E-state index contributed by atoms with van der Waals surface area (Å²) >= 11 is 0. The summed E-state index contributed by atoms with van der Waals surface area (Å²) in [6, 6.07) is 6.67. The van der Waals surface area contributed by atoms with E-state index < -0.39 is 12.1 Å². The zero-order valence-corrected chi connectivity index (χ0v) is 9.19. The topological polar surface area (TPSA) is 61.7 Å². The van der Waals surface area contributed by atoms with Crippen LogP contribution in [0, 0.1) is 0 Å². The summed E-state index contributed by atoms with van der Waals surface area (Å²) < 4.78 is 12.8. The zero-order chi connectivity index (χ0) is 12.3. The first-order valence-electron chi connectivity index (χ1n) is 5.38. The quantitative estimate of drug-likeness (QED) is 0.830. The molecule has 2 rings (SSSR count). The van der Waals surface area contributed by atoms with Crippen molar-refractivity contribution >= 4 is 11.8 Å². The number of carbonyl (C=O) groups is 1. The molecule has 1 aromatic carbocycles. The van der Waals surface area contributed by atoms with Crippen molar-refractivity contribution in [1.82, 2.24) is 5.32 Å². The molecule has 0 saturated heterocycles. The summed E-state index contributed by atoms with van der Waals surface area (Å²) in [5.74, 6) is -0.240. The van der Waals surface area contributed by atoms with Gasteiger partial charge in [0.25, 0.3) is 0 Å². The van der Waals surface area contributed by atoms with Gasteiger partial charge in [0.1, 0.15) is 12.0 Å². The molecule has 0 spiro atoms.